The Balaban J connectivity index is 2.22. The summed E-state index contributed by atoms with van der Waals surface area (Å²) in [5.41, 5.74) is 1.48. The normalized spacial score (nSPS) is 26.8. The number of allylic oxidation sites excluding steroid dienone is 2. The minimum atomic E-state index is -0.835. The second-order valence-electron chi connectivity index (χ2n) is 4.99. The molecule has 1 aromatic carbocycles. The van der Waals surface area contributed by atoms with Gasteiger partial charge < -0.3 is 4.84 Å². The highest BCUT2D eigenvalue weighted by Crippen LogP contribution is 2.36. The molecule has 0 spiro atoms. The zero-order chi connectivity index (χ0) is 16.5. The molecule has 0 aromatic heterocycles. The van der Waals surface area contributed by atoms with E-state index in [9.17, 15) is 9.59 Å². The van der Waals surface area contributed by atoms with Gasteiger partial charge in [-0.1, -0.05) is 48.6 Å². The maximum Gasteiger partial charge on any atom is 0.365 e. The van der Waals surface area contributed by atoms with Gasteiger partial charge in [-0.3, -0.25) is 4.79 Å². The van der Waals surface area contributed by atoms with Gasteiger partial charge in [0.15, 0.2) is 5.78 Å². The van der Waals surface area contributed by atoms with E-state index in [4.69, 9.17) is 16.4 Å². The summed E-state index contributed by atoms with van der Waals surface area (Å²) < 4.78 is -0.835. The number of hydrogen-bond donors (Lipinski definition) is 0. The lowest BCUT2D eigenvalue weighted by molar-refractivity contribution is -0.116. The third kappa shape index (κ3) is 3.50. The summed E-state index contributed by atoms with van der Waals surface area (Å²) in [6.07, 6.45) is 1.47. The fourth-order valence-electron chi connectivity index (χ4n) is 1.84. The first kappa shape index (κ1) is 17.4. The van der Waals surface area contributed by atoms with E-state index >= 15 is 0 Å². The Morgan fingerprint density at radius 1 is 1.36 bits per heavy atom. The van der Waals surface area contributed by atoms with Crippen LogP contribution in [0.15, 0.2) is 41.1 Å². The molecule has 22 heavy (non-hydrogen) atoms. The van der Waals surface area contributed by atoms with Crippen LogP contribution in [0, 0.1) is 0 Å². The second-order valence-corrected chi connectivity index (χ2v) is 7.99. The Morgan fingerprint density at radius 2 is 1.95 bits per heavy atom. The predicted octanol–water partition coefficient (Wildman–Crippen LogP) is 4.30. The lowest BCUT2D eigenvalue weighted by Gasteiger charge is -2.30. The standard InChI is InChI=1S/C15H12Br2ClNO3/c1-8-7-11(20)15(2,17)13(16)12(8)19-22-14(21)9-3-5-10(18)6-4-9/h3-7,13H,1-2H3/b19-12-. The van der Waals surface area contributed by atoms with Crippen molar-refractivity contribution < 1.29 is 14.4 Å². The number of hydrogen-bond acceptors (Lipinski definition) is 4. The number of oxime groups is 1. The summed E-state index contributed by atoms with van der Waals surface area (Å²) >= 11 is 12.6. The molecule has 0 saturated carbocycles. The second kappa shape index (κ2) is 6.64. The topological polar surface area (TPSA) is 55.7 Å². The van der Waals surface area contributed by atoms with Crippen molar-refractivity contribution in [2.45, 2.75) is 23.0 Å². The zero-order valence-corrected chi connectivity index (χ0v) is 15.7. The summed E-state index contributed by atoms with van der Waals surface area (Å²) in [5, 5.41) is 4.44. The van der Waals surface area contributed by atoms with Crippen molar-refractivity contribution in [1.29, 1.82) is 0 Å². The Hall–Kier alpha value is -0.980. The maximum atomic E-state index is 12.0. The van der Waals surface area contributed by atoms with Gasteiger partial charge in [0.05, 0.1) is 16.1 Å². The Kier molecular flexibility index (Phi) is 5.25. The van der Waals surface area contributed by atoms with Crippen molar-refractivity contribution >= 4 is 60.9 Å². The van der Waals surface area contributed by atoms with Gasteiger partial charge in [0, 0.05) is 5.02 Å². The molecule has 0 fully saturated rings. The molecule has 116 valence electrons. The number of carbonyl (C=O) groups is 2. The van der Waals surface area contributed by atoms with Gasteiger partial charge in [0.25, 0.3) is 0 Å². The van der Waals surface area contributed by atoms with E-state index in [1.807, 2.05) is 0 Å². The number of nitrogens with zero attached hydrogens (tertiary/aromatic N) is 1. The third-order valence-corrected chi connectivity index (χ3v) is 6.32. The monoisotopic (exact) mass is 447 g/mol. The van der Waals surface area contributed by atoms with E-state index in [1.165, 1.54) is 6.08 Å². The summed E-state index contributed by atoms with van der Waals surface area (Å²) in [7, 11) is 0. The quantitative estimate of drug-likeness (QED) is 0.384. The summed E-state index contributed by atoms with van der Waals surface area (Å²) in [4.78, 5) is 28.5. The van der Waals surface area contributed by atoms with Crippen molar-refractivity contribution in [3.05, 3.63) is 46.5 Å². The SMILES string of the molecule is CC1=CC(=O)C(C)(Br)C(Br)/C1=N\OC(=O)c1ccc(Cl)cc1. The van der Waals surface area contributed by atoms with Crippen LogP contribution in [-0.4, -0.2) is 26.6 Å². The van der Waals surface area contributed by atoms with Crippen LogP contribution in [0.1, 0.15) is 24.2 Å². The van der Waals surface area contributed by atoms with E-state index in [0.717, 1.165) is 0 Å². The fraction of sp³-hybridized carbons (Fsp3) is 0.267. The molecule has 0 heterocycles. The van der Waals surface area contributed by atoms with Crippen molar-refractivity contribution in [1.82, 2.24) is 0 Å². The first-order chi connectivity index (χ1) is 10.2. The predicted molar refractivity (Wildman–Crippen MR) is 93.1 cm³/mol. The van der Waals surface area contributed by atoms with Gasteiger partial charge in [0.2, 0.25) is 0 Å². The van der Waals surface area contributed by atoms with Crippen LogP contribution in [0.2, 0.25) is 5.02 Å². The number of alkyl halides is 2. The van der Waals surface area contributed by atoms with E-state index in [1.54, 1.807) is 38.1 Å². The summed E-state index contributed by atoms with van der Waals surface area (Å²) in [6.45, 7) is 3.47. The van der Waals surface area contributed by atoms with Gasteiger partial charge in [-0.2, -0.15) is 0 Å². The highest BCUT2D eigenvalue weighted by atomic mass is 79.9. The number of carbonyl (C=O) groups excluding carboxylic acids is 2. The van der Waals surface area contributed by atoms with Crippen molar-refractivity contribution in [2.75, 3.05) is 0 Å². The smallest absolute Gasteiger partial charge is 0.312 e. The Bertz CT molecular complexity index is 681. The average Bonchev–Trinajstić information content (AvgIpc) is 2.46. The molecule has 1 aliphatic carbocycles. The van der Waals surface area contributed by atoms with Crippen molar-refractivity contribution in [3.8, 4) is 0 Å². The van der Waals surface area contributed by atoms with Crippen LogP contribution in [-0.2, 0) is 9.63 Å². The van der Waals surface area contributed by atoms with E-state index in [-0.39, 0.29) is 5.78 Å². The Labute approximate surface area is 149 Å². The highest BCUT2D eigenvalue weighted by molar-refractivity contribution is 9.13. The van der Waals surface area contributed by atoms with Gasteiger partial charge in [-0.15, -0.1) is 0 Å². The molecule has 2 unspecified atom stereocenters. The molecule has 1 aliphatic rings. The fourth-order valence-corrected chi connectivity index (χ4v) is 2.97. The van der Waals surface area contributed by atoms with Crippen LogP contribution in [0.3, 0.4) is 0 Å². The van der Waals surface area contributed by atoms with Gasteiger partial charge in [-0.25, -0.2) is 4.79 Å². The highest BCUT2D eigenvalue weighted by Gasteiger charge is 2.43. The van der Waals surface area contributed by atoms with Gasteiger partial charge in [0.1, 0.15) is 4.32 Å². The molecule has 0 saturated heterocycles. The molecule has 0 radical (unpaired) electrons. The van der Waals surface area contributed by atoms with Crippen LogP contribution in [0.4, 0.5) is 0 Å². The molecular weight excluding hydrogens is 437 g/mol. The minimum Gasteiger partial charge on any atom is -0.312 e. The third-order valence-electron chi connectivity index (χ3n) is 3.26. The van der Waals surface area contributed by atoms with Crippen molar-refractivity contribution in [2.24, 2.45) is 5.16 Å². The first-order valence-electron chi connectivity index (χ1n) is 6.34. The van der Waals surface area contributed by atoms with Gasteiger partial charge in [-0.05, 0) is 49.8 Å². The summed E-state index contributed by atoms with van der Waals surface area (Å²) in [5.74, 6) is -0.667. The molecule has 1 aromatic rings. The Morgan fingerprint density at radius 3 is 2.55 bits per heavy atom. The van der Waals surface area contributed by atoms with E-state index < -0.39 is 15.1 Å². The first-order valence-corrected chi connectivity index (χ1v) is 8.43. The molecule has 2 rings (SSSR count). The lowest BCUT2D eigenvalue weighted by Crippen LogP contribution is -2.45. The molecule has 0 amide bonds. The molecule has 4 nitrogen and oxygen atoms in total. The lowest BCUT2D eigenvalue weighted by atomic mass is 9.88. The maximum absolute atomic E-state index is 12.0. The average molecular weight is 450 g/mol. The van der Waals surface area contributed by atoms with Crippen LogP contribution in [0.25, 0.3) is 0 Å². The summed E-state index contributed by atoms with van der Waals surface area (Å²) in [6, 6.07) is 6.30. The van der Waals surface area contributed by atoms with E-state index in [0.29, 0.717) is 21.9 Å². The molecule has 0 aliphatic heterocycles. The van der Waals surface area contributed by atoms with Crippen LogP contribution < -0.4 is 0 Å². The molecule has 0 bridgehead atoms. The minimum absolute atomic E-state index is 0.0742. The zero-order valence-electron chi connectivity index (χ0n) is 11.8. The largest absolute Gasteiger partial charge is 0.365 e. The van der Waals surface area contributed by atoms with Crippen LogP contribution >= 0.6 is 43.5 Å². The number of rotatable bonds is 2. The molecule has 7 heteroatoms. The number of halogens is 3. The molecular formula is C15H12Br2ClNO3. The van der Waals surface area contributed by atoms with Crippen LogP contribution in [0.5, 0.6) is 0 Å². The number of benzene rings is 1. The van der Waals surface area contributed by atoms with Gasteiger partial charge >= 0.3 is 5.97 Å². The molecule has 2 atom stereocenters. The number of ketones is 1. The van der Waals surface area contributed by atoms with E-state index in [2.05, 4.69) is 37.0 Å². The van der Waals surface area contributed by atoms with Crippen molar-refractivity contribution in [3.63, 3.8) is 0 Å². The molecule has 0 N–H and O–H groups in total.